The molecule has 0 spiro atoms. The molecule has 6 nitrogen and oxygen atoms in total. The minimum absolute atomic E-state index is 0.0820. The number of thiophene rings is 1. The molecule has 1 aromatic carbocycles. The van der Waals surface area contributed by atoms with E-state index in [0.29, 0.717) is 36.7 Å². The zero-order valence-electron chi connectivity index (χ0n) is 16.5. The monoisotopic (exact) mass is 439 g/mol. The van der Waals surface area contributed by atoms with Gasteiger partial charge in [0, 0.05) is 25.6 Å². The van der Waals surface area contributed by atoms with E-state index < -0.39 is 10.0 Å². The van der Waals surface area contributed by atoms with Gasteiger partial charge in [-0.15, -0.1) is 11.3 Å². The maximum atomic E-state index is 13.6. The molecule has 0 radical (unpaired) electrons. The molecule has 9 heteroatoms. The zero-order chi connectivity index (χ0) is 21.0. The van der Waals surface area contributed by atoms with E-state index in [1.165, 1.54) is 27.8 Å². The highest BCUT2D eigenvalue weighted by molar-refractivity contribution is 7.91. The molecule has 29 heavy (non-hydrogen) atoms. The van der Waals surface area contributed by atoms with Gasteiger partial charge in [0.1, 0.15) is 10.0 Å². The standard InChI is InChI=1S/C20H26FN3O3S2/c1-23(2)18(16-5-3-6-17(21)13-16)14-22-20(25)15-8-10-24(11-9-15)29(26,27)19-7-4-12-28-19/h3-7,12-13,15,18H,8-11,14H2,1-2H3,(H,22,25). The van der Waals surface area contributed by atoms with Crippen LogP contribution in [0.15, 0.2) is 46.0 Å². The van der Waals surface area contributed by atoms with Crippen LogP contribution in [0.1, 0.15) is 24.4 Å². The van der Waals surface area contributed by atoms with Gasteiger partial charge < -0.3 is 10.2 Å². The van der Waals surface area contributed by atoms with Crippen molar-refractivity contribution >= 4 is 27.3 Å². The van der Waals surface area contributed by atoms with Crippen LogP contribution in [0, 0.1) is 11.7 Å². The molecular weight excluding hydrogens is 413 g/mol. The van der Waals surface area contributed by atoms with Gasteiger partial charge in [-0.3, -0.25) is 4.79 Å². The highest BCUT2D eigenvalue weighted by Gasteiger charge is 2.32. The molecule has 0 bridgehead atoms. The van der Waals surface area contributed by atoms with Crippen LogP contribution in [0.4, 0.5) is 4.39 Å². The summed E-state index contributed by atoms with van der Waals surface area (Å²) in [4.78, 5) is 14.6. The van der Waals surface area contributed by atoms with E-state index in [1.54, 1.807) is 23.6 Å². The molecule has 1 N–H and O–H groups in total. The van der Waals surface area contributed by atoms with Crippen LogP contribution in [0.25, 0.3) is 0 Å². The second-order valence-electron chi connectivity index (χ2n) is 7.39. The van der Waals surface area contributed by atoms with Crippen LogP contribution in [-0.2, 0) is 14.8 Å². The van der Waals surface area contributed by atoms with E-state index in [4.69, 9.17) is 0 Å². The summed E-state index contributed by atoms with van der Waals surface area (Å²) >= 11 is 1.20. The summed E-state index contributed by atoms with van der Waals surface area (Å²) in [5.74, 6) is -0.610. The van der Waals surface area contributed by atoms with E-state index in [2.05, 4.69) is 5.32 Å². The van der Waals surface area contributed by atoms with Gasteiger partial charge >= 0.3 is 0 Å². The van der Waals surface area contributed by atoms with Crippen LogP contribution >= 0.6 is 11.3 Å². The van der Waals surface area contributed by atoms with Gasteiger partial charge in [-0.25, -0.2) is 12.8 Å². The number of amides is 1. The summed E-state index contributed by atoms with van der Waals surface area (Å²) < 4.78 is 40.5. The molecule has 158 valence electrons. The first-order valence-electron chi connectivity index (χ1n) is 9.52. The fraction of sp³-hybridized carbons (Fsp3) is 0.450. The number of carbonyl (C=O) groups is 1. The van der Waals surface area contributed by atoms with Crippen molar-refractivity contribution < 1.29 is 17.6 Å². The Morgan fingerprint density at radius 2 is 2.00 bits per heavy atom. The maximum absolute atomic E-state index is 13.6. The molecule has 1 unspecified atom stereocenters. The fourth-order valence-corrected chi connectivity index (χ4v) is 6.16. The molecule has 3 rings (SSSR count). The lowest BCUT2D eigenvalue weighted by molar-refractivity contribution is -0.126. The van der Waals surface area contributed by atoms with Crippen molar-refractivity contribution in [2.45, 2.75) is 23.1 Å². The topological polar surface area (TPSA) is 69.7 Å². The third-order valence-electron chi connectivity index (χ3n) is 5.24. The van der Waals surface area contributed by atoms with Crippen molar-refractivity contribution in [3.05, 3.63) is 53.2 Å². The van der Waals surface area contributed by atoms with Crippen molar-refractivity contribution in [1.82, 2.24) is 14.5 Å². The lowest BCUT2D eigenvalue weighted by atomic mass is 9.97. The van der Waals surface area contributed by atoms with Gasteiger partial charge in [-0.05, 0) is 56.1 Å². The molecule has 1 saturated heterocycles. The Morgan fingerprint density at radius 1 is 1.28 bits per heavy atom. The van der Waals surface area contributed by atoms with Gasteiger partial charge in [0.05, 0.1) is 6.04 Å². The van der Waals surface area contributed by atoms with Gasteiger partial charge in [0.25, 0.3) is 10.0 Å². The Balaban J connectivity index is 1.55. The molecule has 2 aromatic rings. The number of benzene rings is 1. The minimum atomic E-state index is -3.47. The summed E-state index contributed by atoms with van der Waals surface area (Å²) in [6, 6.07) is 9.55. The first-order chi connectivity index (χ1) is 13.8. The molecule has 1 fully saturated rings. The van der Waals surface area contributed by atoms with E-state index in [0.717, 1.165) is 5.56 Å². The fourth-order valence-electron chi connectivity index (χ4n) is 3.55. The predicted octanol–water partition coefficient (Wildman–Crippen LogP) is 2.71. The number of hydrogen-bond donors (Lipinski definition) is 1. The zero-order valence-corrected chi connectivity index (χ0v) is 18.2. The third-order valence-corrected chi connectivity index (χ3v) is 8.51. The molecule has 1 aromatic heterocycles. The number of carbonyl (C=O) groups excluding carboxylic acids is 1. The largest absolute Gasteiger partial charge is 0.354 e. The lowest BCUT2D eigenvalue weighted by Gasteiger charge is -2.31. The summed E-state index contributed by atoms with van der Waals surface area (Å²) in [7, 11) is 0.302. The molecule has 0 aliphatic carbocycles. The Kier molecular flexibility index (Phi) is 7.05. The second-order valence-corrected chi connectivity index (χ2v) is 10.5. The molecule has 1 aliphatic heterocycles. The van der Waals surface area contributed by atoms with Crippen molar-refractivity contribution in [2.75, 3.05) is 33.7 Å². The summed E-state index contributed by atoms with van der Waals surface area (Å²) in [5, 5.41) is 4.71. The smallest absolute Gasteiger partial charge is 0.252 e. The Hall–Kier alpha value is -1.81. The molecule has 1 atom stereocenters. The molecular formula is C20H26FN3O3S2. The van der Waals surface area contributed by atoms with Crippen LogP contribution in [0.5, 0.6) is 0 Å². The third kappa shape index (κ3) is 5.22. The number of nitrogens with zero attached hydrogens (tertiary/aromatic N) is 2. The number of halogens is 1. The van der Waals surface area contributed by atoms with Crippen LogP contribution in [0.2, 0.25) is 0 Å². The average Bonchev–Trinajstić information content (AvgIpc) is 3.24. The van der Waals surface area contributed by atoms with Crippen molar-refractivity contribution in [1.29, 1.82) is 0 Å². The van der Waals surface area contributed by atoms with E-state index >= 15 is 0 Å². The summed E-state index contributed by atoms with van der Waals surface area (Å²) in [6.07, 6.45) is 0.978. The van der Waals surface area contributed by atoms with Crippen LogP contribution in [-0.4, -0.2) is 57.3 Å². The van der Waals surface area contributed by atoms with Crippen molar-refractivity contribution in [3.8, 4) is 0 Å². The highest BCUT2D eigenvalue weighted by Crippen LogP contribution is 2.26. The predicted molar refractivity (Wildman–Crippen MR) is 112 cm³/mol. The molecule has 1 amide bonds. The Labute approximate surface area is 175 Å². The number of piperidine rings is 1. The quantitative estimate of drug-likeness (QED) is 0.720. The van der Waals surface area contributed by atoms with Crippen LogP contribution in [0.3, 0.4) is 0 Å². The first kappa shape index (κ1) is 21.9. The van der Waals surface area contributed by atoms with Gasteiger partial charge in [-0.1, -0.05) is 18.2 Å². The highest BCUT2D eigenvalue weighted by atomic mass is 32.2. The molecule has 0 saturated carbocycles. The molecule has 1 aliphatic rings. The van der Waals surface area contributed by atoms with Gasteiger partial charge in [0.2, 0.25) is 5.91 Å². The van der Waals surface area contributed by atoms with E-state index in [1.807, 2.05) is 25.1 Å². The first-order valence-corrected chi connectivity index (χ1v) is 11.8. The Morgan fingerprint density at radius 3 is 2.59 bits per heavy atom. The Bertz CT molecular complexity index is 924. The van der Waals surface area contributed by atoms with E-state index in [-0.39, 0.29) is 23.7 Å². The number of nitrogens with one attached hydrogen (secondary N) is 1. The van der Waals surface area contributed by atoms with E-state index in [9.17, 15) is 17.6 Å². The lowest BCUT2D eigenvalue weighted by Crippen LogP contribution is -2.44. The number of likely N-dealkylation sites (N-methyl/N-ethyl adjacent to an activating group) is 1. The molecule has 2 heterocycles. The van der Waals surface area contributed by atoms with Crippen molar-refractivity contribution in [2.24, 2.45) is 5.92 Å². The van der Waals surface area contributed by atoms with Crippen molar-refractivity contribution in [3.63, 3.8) is 0 Å². The summed E-state index contributed by atoms with van der Waals surface area (Å²) in [5.41, 5.74) is 0.798. The van der Waals surface area contributed by atoms with Crippen LogP contribution < -0.4 is 5.32 Å². The van der Waals surface area contributed by atoms with Gasteiger partial charge in [0.15, 0.2) is 0 Å². The minimum Gasteiger partial charge on any atom is -0.354 e. The summed E-state index contributed by atoms with van der Waals surface area (Å²) in [6.45, 7) is 1.03. The maximum Gasteiger partial charge on any atom is 0.252 e. The second kappa shape index (κ2) is 9.34. The number of hydrogen-bond acceptors (Lipinski definition) is 5. The number of rotatable bonds is 7. The average molecular weight is 440 g/mol. The SMILES string of the molecule is CN(C)C(CNC(=O)C1CCN(S(=O)(=O)c2cccs2)CC1)c1cccc(F)c1. The van der Waals surface area contributed by atoms with Gasteiger partial charge in [-0.2, -0.15) is 4.31 Å². The normalized spacial score (nSPS) is 17.4. The number of sulfonamides is 1.